The Kier molecular flexibility index (Phi) is 4.28. The van der Waals surface area contributed by atoms with E-state index < -0.39 is 0 Å². The van der Waals surface area contributed by atoms with Gasteiger partial charge in [0.15, 0.2) is 0 Å². The van der Waals surface area contributed by atoms with Crippen molar-refractivity contribution in [1.82, 2.24) is 5.32 Å². The summed E-state index contributed by atoms with van der Waals surface area (Å²) in [6.45, 7) is 2.90. The van der Waals surface area contributed by atoms with Crippen LogP contribution in [0.3, 0.4) is 0 Å². The van der Waals surface area contributed by atoms with E-state index in [-0.39, 0.29) is 5.78 Å². The zero-order valence-corrected chi connectivity index (χ0v) is 11.5. The Balaban J connectivity index is 2.29. The van der Waals surface area contributed by atoms with Gasteiger partial charge in [0.25, 0.3) is 0 Å². The molecule has 0 bridgehead atoms. The molecule has 2 aromatic rings. The first kappa shape index (κ1) is 13.0. The van der Waals surface area contributed by atoms with E-state index in [0.717, 1.165) is 29.0 Å². The van der Waals surface area contributed by atoms with Gasteiger partial charge in [-0.15, -0.1) is 11.3 Å². The number of carbonyl (C=O) groups excluding carboxylic acids is 1. The summed E-state index contributed by atoms with van der Waals surface area (Å²) in [6.07, 6.45) is 0.878. The van der Waals surface area contributed by atoms with Gasteiger partial charge >= 0.3 is 0 Å². The second kappa shape index (κ2) is 5.94. The first-order valence-corrected chi connectivity index (χ1v) is 6.87. The maximum atomic E-state index is 12.4. The Morgan fingerprint density at radius 3 is 2.67 bits per heavy atom. The standard InChI is InChI=1S/C15H17NOS/c1-11-7-8-14(18-11)15(17)13-6-4-3-5-12(13)9-10-16-2/h3-8,16H,9-10H2,1-2H3. The molecule has 2 rings (SSSR count). The van der Waals surface area contributed by atoms with Crippen molar-refractivity contribution in [1.29, 1.82) is 0 Å². The Morgan fingerprint density at radius 1 is 1.22 bits per heavy atom. The number of likely N-dealkylation sites (N-methyl/N-ethyl adjacent to an activating group) is 1. The summed E-state index contributed by atoms with van der Waals surface area (Å²) in [5.41, 5.74) is 1.94. The highest BCUT2D eigenvalue weighted by Gasteiger charge is 2.14. The fourth-order valence-corrected chi connectivity index (χ4v) is 2.73. The molecule has 0 radical (unpaired) electrons. The van der Waals surface area contributed by atoms with Gasteiger partial charge in [0.05, 0.1) is 4.88 Å². The largest absolute Gasteiger partial charge is 0.319 e. The molecule has 1 aromatic heterocycles. The van der Waals surface area contributed by atoms with E-state index in [1.807, 2.05) is 50.4 Å². The fraction of sp³-hybridized carbons (Fsp3) is 0.267. The van der Waals surface area contributed by atoms with E-state index in [1.54, 1.807) is 11.3 Å². The maximum absolute atomic E-state index is 12.4. The molecule has 0 aliphatic rings. The Morgan fingerprint density at radius 2 is 2.00 bits per heavy atom. The molecule has 3 heteroatoms. The summed E-state index contributed by atoms with van der Waals surface area (Å²) in [5, 5.41) is 3.12. The zero-order valence-electron chi connectivity index (χ0n) is 10.7. The predicted octanol–water partition coefficient (Wildman–Crippen LogP) is 3.05. The molecule has 0 unspecified atom stereocenters. The lowest BCUT2D eigenvalue weighted by molar-refractivity contribution is 0.104. The SMILES string of the molecule is CNCCc1ccccc1C(=O)c1ccc(C)s1. The van der Waals surface area contributed by atoms with Gasteiger partial charge in [-0.3, -0.25) is 4.79 Å². The zero-order chi connectivity index (χ0) is 13.0. The number of benzene rings is 1. The summed E-state index contributed by atoms with van der Waals surface area (Å²) in [5.74, 6) is 0.139. The molecule has 0 aliphatic heterocycles. The van der Waals surface area contributed by atoms with Crippen molar-refractivity contribution in [3.63, 3.8) is 0 Å². The van der Waals surface area contributed by atoms with E-state index in [9.17, 15) is 4.79 Å². The molecular weight excluding hydrogens is 242 g/mol. The van der Waals surface area contributed by atoms with Crippen molar-refractivity contribution in [3.8, 4) is 0 Å². The number of ketones is 1. The number of hydrogen-bond acceptors (Lipinski definition) is 3. The van der Waals surface area contributed by atoms with Gasteiger partial charge in [-0.2, -0.15) is 0 Å². The molecule has 0 atom stereocenters. The summed E-state index contributed by atoms with van der Waals surface area (Å²) in [4.78, 5) is 14.4. The average Bonchev–Trinajstić information content (AvgIpc) is 2.82. The highest BCUT2D eigenvalue weighted by atomic mass is 32.1. The number of carbonyl (C=O) groups is 1. The van der Waals surface area contributed by atoms with Gasteiger partial charge in [0.1, 0.15) is 0 Å². The van der Waals surface area contributed by atoms with Crippen LogP contribution in [0.1, 0.15) is 25.7 Å². The number of nitrogens with one attached hydrogen (secondary N) is 1. The van der Waals surface area contributed by atoms with E-state index in [1.165, 1.54) is 4.88 Å². The predicted molar refractivity (Wildman–Crippen MR) is 76.6 cm³/mol. The van der Waals surface area contributed by atoms with Crippen LogP contribution in [-0.2, 0) is 6.42 Å². The van der Waals surface area contributed by atoms with Crippen LogP contribution in [0, 0.1) is 6.92 Å². The minimum absolute atomic E-state index is 0.139. The second-order valence-electron chi connectivity index (χ2n) is 4.25. The Labute approximate surface area is 112 Å². The molecule has 0 saturated carbocycles. The van der Waals surface area contributed by atoms with Crippen LogP contribution in [0.15, 0.2) is 36.4 Å². The smallest absolute Gasteiger partial charge is 0.203 e. The maximum Gasteiger partial charge on any atom is 0.203 e. The lowest BCUT2D eigenvalue weighted by Crippen LogP contribution is -2.13. The van der Waals surface area contributed by atoms with Crippen LogP contribution in [0.2, 0.25) is 0 Å². The van der Waals surface area contributed by atoms with E-state index in [2.05, 4.69) is 5.32 Å². The van der Waals surface area contributed by atoms with Crippen molar-refractivity contribution < 1.29 is 4.79 Å². The molecule has 2 nitrogen and oxygen atoms in total. The van der Waals surface area contributed by atoms with Gasteiger partial charge in [0.2, 0.25) is 5.78 Å². The lowest BCUT2D eigenvalue weighted by Gasteiger charge is -2.07. The fourth-order valence-electron chi connectivity index (χ4n) is 1.91. The number of thiophene rings is 1. The molecule has 0 amide bonds. The van der Waals surface area contributed by atoms with E-state index >= 15 is 0 Å². The van der Waals surface area contributed by atoms with Crippen molar-refractivity contribution in [2.45, 2.75) is 13.3 Å². The molecule has 18 heavy (non-hydrogen) atoms. The minimum Gasteiger partial charge on any atom is -0.319 e. The molecular formula is C15H17NOS. The third-order valence-corrected chi connectivity index (χ3v) is 3.87. The first-order valence-electron chi connectivity index (χ1n) is 6.06. The van der Waals surface area contributed by atoms with Crippen molar-refractivity contribution in [3.05, 3.63) is 57.3 Å². The lowest BCUT2D eigenvalue weighted by atomic mass is 10.0. The summed E-state index contributed by atoms with van der Waals surface area (Å²) in [7, 11) is 1.92. The number of hydrogen-bond donors (Lipinski definition) is 1. The number of aryl methyl sites for hydroxylation is 1. The first-order chi connectivity index (χ1) is 8.72. The molecule has 1 heterocycles. The molecule has 94 valence electrons. The van der Waals surface area contributed by atoms with Gasteiger partial charge in [-0.25, -0.2) is 0 Å². The highest BCUT2D eigenvalue weighted by molar-refractivity contribution is 7.14. The van der Waals surface area contributed by atoms with Crippen LogP contribution in [-0.4, -0.2) is 19.4 Å². The van der Waals surface area contributed by atoms with Crippen molar-refractivity contribution >= 4 is 17.1 Å². The highest BCUT2D eigenvalue weighted by Crippen LogP contribution is 2.21. The van der Waals surface area contributed by atoms with Gasteiger partial charge in [0, 0.05) is 10.4 Å². The van der Waals surface area contributed by atoms with Crippen molar-refractivity contribution in [2.75, 3.05) is 13.6 Å². The molecule has 1 aromatic carbocycles. The second-order valence-corrected chi connectivity index (χ2v) is 5.54. The third-order valence-electron chi connectivity index (χ3n) is 2.87. The van der Waals surface area contributed by atoms with Crippen LogP contribution in [0.5, 0.6) is 0 Å². The third kappa shape index (κ3) is 2.86. The summed E-state index contributed by atoms with van der Waals surface area (Å²) in [6, 6.07) is 11.8. The minimum atomic E-state index is 0.139. The Hall–Kier alpha value is -1.45. The topological polar surface area (TPSA) is 29.1 Å². The average molecular weight is 259 g/mol. The van der Waals surface area contributed by atoms with Crippen LogP contribution >= 0.6 is 11.3 Å². The van der Waals surface area contributed by atoms with E-state index in [4.69, 9.17) is 0 Å². The monoisotopic (exact) mass is 259 g/mol. The van der Waals surface area contributed by atoms with Gasteiger partial charge in [-0.05, 0) is 44.6 Å². The molecule has 0 spiro atoms. The van der Waals surface area contributed by atoms with Gasteiger partial charge in [-0.1, -0.05) is 24.3 Å². The van der Waals surface area contributed by atoms with Gasteiger partial charge < -0.3 is 5.32 Å². The molecule has 0 saturated heterocycles. The van der Waals surface area contributed by atoms with Crippen LogP contribution in [0.25, 0.3) is 0 Å². The molecule has 0 fully saturated rings. The summed E-state index contributed by atoms with van der Waals surface area (Å²) < 4.78 is 0. The Bertz CT molecular complexity index is 545. The molecule has 0 aliphatic carbocycles. The molecule has 1 N–H and O–H groups in total. The normalized spacial score (nSPS) is 10.6. The van der Waals surface area contributed by atoms with Crippen LogP contribution < -0.4 is 5.32 Å². The van der Waals surface area contributed by atoms with Crippen LogP contribution in [0.4, 0.5) is 0 Å². The summed E-state index contributed by atoms with van der Waals surface area (Å²) >= 11 is 1.56. The number of rotatable bonds is 5. The van der Waals surface area contributed by atoms with E-state index in [0.29, 0.717) is 0 Å². The quantitative estimate of drug-likeness (QED) is 0.836. The van der Waals surface area contributed by atoms with Crippen molar-refractivity contribution in [2.24, 2.45) is 0 Å².